The zero-order chi connectivity index (χ0) is 17.4. The fraction of sp³-hybridized carbons (Fsp3) is 0.333. The third kappa shape index (κ3) is 2.15. The standard InChI is InChI=1S/C21H25NO2/c1-5-9-17-18(6-2)22(14-15-23)21(20(17,3)4)13-12-16-10-7-8-11-19(16)24-21/h5-13,23H,2,14-15H2,1,3-4H3/b9-5-. The normalized spacial score (nSPS) is 24.6. The van der Waals surface area contributed by atoms with Gasteiger partial charge in [-0.25, -0.2) is 0 Å². The van der Waals surface area contributed by atoms with Gasteiger partial charge in [0.15, 0.2) is 0 Å². The molecule has 0 fully saturated rings. The molecule has 1 aromatic rings. The first-order valence-corrected chi connectivity index (χ1v) is 8.37. The molecular weight excluding hydrogens is 298 g/mol. The van der Waals surface area contributed by atoms with E-state index in [9.17, 15) is 5.11 Å². The molecule has 0 aliphatic carbocycles. The van der Waals surface area contributed by atoms with Crippen LogP contribution in [-0.4, -0.2) is 28.9 Å². The van der Waals surface area contributed by atoms with E-state index >= 15 is 0 Å². The van der Waals surface area contributed by atoms with E-state index in [2.05, 4.69) is 43.6 Å². The maximum Gasteiger partial charge on any atom is 0.212 e. The smallest absolute Gasteiger partial charge is 0.212 e. The Bertz CT molecular complexity index is 742. The van der Waals surface area contributed by atoms with Gasteiger partial charge in [-0.3, -0.25) is 0 Å². The molecule has 3 nitrogen and oxygen atoms in total. The number of ether oxygens (including phenoxy) is 1. The Morgan fingerprint density at radius 2 is 2.04 bits per heavy atom. The van der Waals surface area contributed by atoms with Crippen molar-refractivity contribution in [2.75, 3.05) is 13.2 Å². The first-order valence-electron chi connectivity index (χ1n) is 8.37. The fourth-order valence-corrected chi connectivity index (χ4v) is 3.84. The van der Waals surface area contributed by atoms with E-state index in [1.54, 1.807) is 0 Å². The zero-order valence-corrected chi connectivity index (χ0v) is 14.6. The minimum atomic E-state index is -0.678. The number of para-hydroxylation sites is 1. The van der Waals surface area contributed by atoms with Gasteiger partial charge in [-0.15, -0.1) is 0 Å². The summed E-state index contributed by atoms with van der Waals surface area (Å²) in [5, 5.41) is 9.64. The van der Waals surface area contributed by atoms with E-state index in [0.29, 0.717) is 6.54 Å². The Morgan fingerprint density at radius 3 is 2.71 bits per heavy atom. The average molecular weight is 323 g/mol. The maximum absolute atomic E-state index is 9.64. The van der Waals surface area contributed by atoms with Crippen LogP contribution in [0.3, 0.4) is 0 Å². The van der Waals surface area contributed by atoms with Crippen LogP contribution in [0.1, 0.15) is 26.3 Å². The Labute approximate surface area is 144 Å². The third-order valence-electron chi connectivity index (χ3n) is 5.06. The number of β-amino-alcohol motifs (C(OH)–C–C–N with tert-alkyl or cyclic N) is 1. The van der Waals surface area contributed by atoms with Gasteiger partial charge in [0.25, 0.3) is 0 Å². The predicted molar refractivity (Wildman–Crippen MR) is 98.4 cm³/mol. The van der Waals surface area contributed by atoms with Crippen molar-refractivity contribution >= 4 is 6.08 Å². The maximum atomic E-state index is 9.64. The molecule has 0 saturated carbocycles. The molecule has 24 heavy (non-hydrogen) atoms. The van der Waals surface area contributed by atoms with E-state index in [0.717, 1.165) is 22.6 Å². The summed E-state index contributed by atoms with van der Waals surface area (Å²) >= 11 is 0. The summed E-state index contributed by atoms with van der Waals surface area (Å²) in [6, 6.07) is 8.04. The van der Waals surface area contributed by atoms with E-state index in [4.69, 9.17) is 4.74 Å². The number of aliphatic hydroxyl groups is 1. The van der Waals surface area contributed by atoms with E-state index in [-0.39, 0.29) is 12.0 Å². The molecule has 0 radical (unpaired) electrons. The molecule has 0 aromatic heterocycles. The number of rotatable bonds is 4. The topological polar surface area (TPSA) is 32.7 Å². The van der Waals surface area contributed by atoms with Gasteiger partial charge in [-0.1, -0.05) is 36.9 Å². The molecule has 1 spiro atoms. The Morgan fingerprint density at radius 1 is 1.29 bits per heavy atom. The van der Waals surface area contributed by atoms with Gasteiger partial charge in [0.05, 0.1) is 12.0 Å². The average Bonchev–Trinajstić information content (AvgIpc) is 2.74. The molecule has 1 aromatic carbocycles. The van der Waals surface area contributed by atoms with Crippen molar-refractivity contribution in [2.24, 2.45) is 5.41 Å². The summed E-state index contributed by atoms with van der Waals surface area (Å²) in [5.74, 6) is 0.862. The fourth-order valence-electron chi connectivity index (χ4n) is 3.84. The van der Waals surface area contributed by atoms with Crippen LogP contribution >= 0.6 is 0 Å². The molecule has 0 saturated heterocycles. The lowest BCUT2D eigenvalue weighted by Gasteiger charge is -2.48. The summed E-state index contributed by atoms with van der Waals surface area (Å²) in [5.41, 5.74) is 2.26. The Kier molecular flexibility index (Phi) is 4.14. The highest BCUT2D eigenvalue weighted by Gasteiger charge is 2.58. The van der Waals surface area contributed by atoms with Gasteiger partial charge < -0.3 is 14.7 Å². The molecule has 0 bridgehead atoms. The lowest BCUT2D eigenvalue weighted by molar-refractivity contribution is -0.0777. The number of nitrogens with zero attached hydrogens (tertiary/aromatic N) is 1. The third-order valence-corrected chi connectivity index (χ3v) is 5.06. The summed E-state index contributed by atoms with van der Waals surface area (Å²) in [6.07, 6.45) is 10.2. The highest BCUT2D eigenvalue weighted by Crippen LogP contribution is 2.55. The largest absolute Gasteiger partial charge is 0.463 e. The van der Waals surface area contributed by atoms with Gasteiger partial charge in [-0.05, 0) is 50.6 Å². The SMILES string of the molecule is C=CC1=C(/C=C\C)C(C)(C)C2(C=Cc3ccccc3O2)N1CCO. The van der Waals surface area contributed by atoms with Crippen molar-refractivity contribution in [1.29, 1.82) is 0 Å². The van der Waals surface area contributed by atoms with Gasteiger partial charge in [0.1, 0.15) is 5.75 Å². The van der Waals surface area contributed by atoms with Gasteiger partial charge in [0, 0.05) is 17.8 Å². The number of fused-ring (bicyclic) bond motifs is 1. The van der Waals surface area contributed by atoms with Gasteiger partial charge in [0.2, 0.25) is 5.72 Å². The van der Waals surface area contributed by atoms with Crippen LogP contribution < -0.4 is 4.74 Å². The molecule has 1 unspecified atom stereocenters. The van der Waals surface area contributed by atoms with Crippen LogP contribution in [0, 0.1) is 5.41 Å². The molecule has 2 aliphatic rings. The number of hydrogen-bond acceptors (Lipinski definition) is 3. The van der Waals surface area contributed by atoms with E-state index in [1.165, 1.54) is 0 Å². The first kappa shape index (κ1) is 16.6. The van der Waals surface area contributed by atoms with E-state index in [1.807, 2.05) is 43.3 Å². The molecule has 2 aliphatic heterocycles. The molecule has 1 atom stereocenters. The quantitative estimate of drug-likeness (QED) is 0.904. The minimum absolute atomic E-state index is 0.0527. The van der Waals surface area contributed by atoms with Gasteiger partial charge >= 0.3 is 0 Å². The number of benzene rings is 1. The molecule has 0 amide bonds. The number of allylic oxidation sites excluding steroid dienone is 3. The second-order valence-electron chi connectivity index (χ2n) is 6.67. The summed E-state index contributed by atoms with van der Waals surface area (Å²) in [6.45, 7) is 10.9. The van der Waals surface area contributed by atoms with Crippen LogP contribution in [0.5, 0.6) is 5.75 Å². The first-order chi connectivity index (χ1) is 11.5. The predicted octanol–water partition coefficient (Wildman–Crippen LogP) is 4.14. The van der Waals surface area contributed by atoms with Crippen LogP contribution in [0.4, 0.5) is 0 Å². The monoisotopic (exact) mass is 323 g/mol. The minimum Gasteiger partial charge on any atom is -0.463 e. The number of aliphatic hydroxyl groups excluding tert-OH is 1. The number of hydrogen-bond donors (Lipinski definition) is 1. The van der Waals surface area contributed by atoms with E-state index < -0.39 is 5.72 Å². The summed E-state index contributed by atoms with van der Waals surface area (Å²) in [7, 11) is 0. The lowest BCUT2D eigenvalue weighted by atomic mass is 9.75. The zero-order valence-electron chi connectivity index (χ0n) is 14.6. The molecular formula is C21H25NO2. The highest BCUT2D eigenvalue weighted by atomic mass is 16.5. The summed E-state index contributed by atoms with van der Waals surface area (Å²) < 4.78 is 6.57. The van der Waals surface area contributed by atoms with Crippen LogP contribution in [0.2, 0.25) is 0 Å². The Balaban J connectivity index is 2.19. The molecule has 3 heteroatoms. The lowest BCUT2D eigenvalue weighted by Crippen LogP contribution is -2.57. The Hall–Kier alpha value is -2.26. The van der Waals surface area contributed by atoms with Crippen molar-refractivity contribution < 1.29 is 9.84 Å². The van der Waals surface area contributed by atoms with Crippen LogP contribution in [0.25, 0.3) is 6.08 Å². The van der Waals surface area contributed by atoms with Crippen molar-refractivity contribution in [3.05, 3.63) is 72.0 Å². The molecule has 126 valence electrons. The second kappa shape index (κ2) is 5.99. The highest BCUT2D eigenvalue weighted by molar-refractivity contribution is 5.63. The molecule has 2 heterocycles. The van der Waals surface area contributed by atoms with Crippen molar-refractivity contribution in [3.8, 4) is 5.75 Å². The van der Waals surface area contributed by atoms with Crippen molar-refractivity contribution in [1.82, 2.24) is 4.90 Å². The van der Waals surface area contributed by atoms with Crippen LogP contribution in [0.15, 0.2) is 66.4 Å². The molecule has 3 rings (SSSR count). The van der Waals surface area contributed by atoms with Crippen LogP contribution in [-0.2, 0) is 0 Å². The van der Waals surface area contributed by atoms with Crippen molar-refractivity contribution in [3.63, 3.8) is 0 Å². The van der Waals surface area contributed by atoms with Crippen molar-refractivity contribution in [2.45, 2.75) is 26.5 Å². The second-order valence-corrected chi connectivity index (χ2v) is 6.67. The summed E-state index contributed by atoms with van der Waals surface area (Å²) in [4.78, 5) is 2.13. The van der Waals surface area contributed by atoms with Gasteiger partial charge in [-0.2, -0.15) is 0 Å². The molecule has 1 N–H and O–H groups in total.